The first kappa shape index (κ1) is 11.8. The average molecular weight is 242 g/mol. The third kappa shape index (κ3) is 2.69. The number of anilines is 1. The molecule has 0 aliphatic carbocycles. The molecule has 0 bridgehead atoms. The molecule has 0 radical (unpaired) electrons. The van der Waals surface area contributed by atoms with Crippen LogP contribution in [0.4, 0.5) is 5.13 Å². The normalized spacial score (nSPS) is 27.1. The average Bonchev–Trinajstić information content (AvgIpc) is 2.67. The van der Waals surface area contributed by atoms with Crippen molar-refractivity contribution in [3.8, 4) is 0 Å². The summed E-state index contributed by atoms with van der Waals surface area (Å²) in [7, 11) is 1.79. The second kappa shape index (κ2) is 5.07. The molecule has 2 unspecified atom stereocenters. The van der Waals surface area contributed by atoms with Crippen molar-refractivity contribution in [1.29, 1.82) is 0 Å². The van der Waals surface area contributed by atoms with Gasteiger partial charge in [-0.1, -0.05) is 18.3 Å². The summed E-state index contributed by atoms with van der Waals surface area (Å²) in [5.41, 5.74) is 5.56. The number of piperidine rings is 1. The van der Waals surface area contributed by atoms with E-state index in [9.17, 15) is 0 Å². The van der Waals surface area contributed by atoms with Crippen LogP contribution in [-0.2, 0) is 11.3 Å². The Hall–Kier alpha value is -0.720. The monoisotopic (exact) mass is 242 g/mol. The molecule has 1 aromatic rings. The van der Waals surface area contributed by atoms with Gasteiger partial charge in [-0.05, 0) is 18.9 Å². The molecule has 1 aromatic heterocycles. The first-order valence-corrected chi connectivity index (χ1v) is 6.33. The number of likely N-dealkylation sites (tertiary alicyclic amines) is 1. The Kier molecular flexibility index (Phi) is 3.73. The van der Waals surface area contributed by atoms with Crippen molar-refractivity contribution in [3.63, 3.8) is 0 Å². The molecule has 2 heterocycles. The van der Waals surface area contributed by atoms with E-state index >= 15 is 0 Å². The number of hydrogen-bond donors (Lipinski definition) is 1. The lowest BCUT2D eigenvalue weighted by Crippen LogP contribution is -2.43. The maximum absolute atomic E-state index is 5.56. The zero-order chi connectivity index (χ0) is 11.5. The predicted molar refractivity (Wildman–Crippen MR) is 64.2 cm³/mol. The highest BCUT2D eigenvalue weighted by atomic mass is 32.1. The summed E-state index contributed by atoms with van der Waals surface area (Å²) in [5, 5.41) is 9.40. The van der Waals surface area contributed by atoms with E-state index in [0.29, 0.717) is 17.2 Å². The summed E-state index contributed by atoms with van der Waals surface area (Å²) in [4.78, 5) is 2.36. The van der Waals surface area contributed by atoms with Crippen LogP contribution in [0.2, 0.25) is 0 Å². The van der Waals surface area contributed by atoms with E-state index < -0.39 is 0 Å². The van der Waals surface area contributed by atoms with Gasteiger partial charge in [-0.3, -0.25) is 4.90 Å². The molecule has 5 nitrogen and oxygen atoms in total. The summed E-state index contributed by atoms with van der Waals surface area (Å²) in [6.07, 6.45) is 1.51. The van der Waals surface area contributed by atoms with E-state index in [4.69, 9.17) is 10.5 Å². The van der Waals surface area contributed by atoms with Crippen LogP contribution in [0.3, 0.4) is 0 Å². The van der Waals surface area contributed by atoms with Crippen LogP contribution in [0.25, 0.3) is 0 Å². The van der Waals surface area contributed by atoms with E-state index in [2.05, 4.69) is 22.0 Å². The van der Waals surface area contributed by atoms with Gasteiger partial charge in [0.25, 0.3) is 0 Å². The fourth-order valence-corrected chi connectivity index (χ4v) is 2.72. The molecule has 1 saturated heterocycles. The standard InChI is InChI=1S/C10H18N4OS/c1-7-3-4-14(5-8(7)15-2)6-9-12-13-10(11)16-9/h7-8H,3-6H2,1-2H3,(H2,11,13). The lowest BCUT2D eigenvalue weighted by molar-refractivity contribution is -0.00751. The van der Waals surface area contributed by atoms with Crippen molar-refractivity contribution < 1.29 is 4.74 Å². The molecule has 2 atom stereocenters. The van der Waals surface area contributed by atoms with Gasteiger partial charge < -0.3 is 10.5 Å². The van der Waals surface area contributed by atoms with Crippen LogP contribution >= 0.6 is 11.3 Å². The molecule has 90 valence electrons. The number of aromatic nitrogens is 2. The minimum absolute atomic E-state index is 0.332. The van der Waals surface area contributed by atoms with Crippen LogP contribution in [0.1, 0.15) is 18.4 Å². The second-order valence-corrected chi connectivity index (χ2v) is 5.40. The van der Waals surface area contributed by atoms with E-state index in [-0.39, 0.29) is 0 Å². The van der Waals surface area contributed by atoms with Crippen molar-refractivity contribution in [2.45, 2.75) is 26.0 Å². The molecule has 0 saturated carbocycles. The van der Waals surface area contributed by atoms with Gasteiger partial charge in [0.05, 0.1) is 12.6 Å². The van der Waals surface area contributed by atoms with Crippen molar-refractivity contribution >= 4 is 16.5 Å². The first-order chi connectivity index (χ1) is 7.69. The Morgan fingerprint density at radius 1 is 1.56 bits per heavy atom. The fraction of sp³-hybridized carbons (Fsp3) is 0.800. The van der Waals surface area contributed by atoms with E-state index in [1.165, 1.54) is 17.8 Å². The van der Waals surface area contributed by atoms with Gasteiger partial charge in [0.15, 0.2) is 0 Å². The van der Waals surface area contributed by atoms with Crippen molar-refractivity contribution in [2.24, 2.45) is 5.92 Å². The number of rotatable bonds is 3. The highest BCUT2D eigenvalue weighted by Crippen LogP contribution is 2.22. The van der Waals surface area contributed by atoms with Crippen molar-refractivity contribution in [3.05, 3.63) is 5.01 Å². The van der Waals surface area contributed by atoms with Crippen molar-refractivity contribution in [1.82, 2.24) is 15.1 Å². The fourth-order valence-electron chi connectivity index (χ4n) is 2.07. The van der Waals surface area contributed by atoms with Gasteiger partial charge in [-0.2, -0.15) is 0 Å². The summed E-state index contributed by atoms with van der Waals surface area (Å²) < 4.78 is 5.48. The Balaban J connectivity index is 1.91. The third-order valence-electron chi connectivity index (χ3n) is 3.12. The summed E-state index contributed by atoms with van der Waals surface area (Å²) in [6.45, 7) is 5.15. The zero-order valence-electron chi connectivity index (χ0n) is 9.72. The topological polar surface area (TPSA) is 64.3 Å². The van der Waals surface area contributed by atoms with Gasteiger partial charge in [0.2, 0.25) is 5.13 Å². The SMILES string of the molecule is COC1CN(Cc2nnc(N)s2)CCC1C. The summed E-state index contributed by atoms with van der Waals surface area (Å²) in [6, 6.07) is 0. The minimum Gasteiger partial charge on any atom is -0.380 e. The lowest BCUT2D eigenvalue weighted by atomic mass is 9.96. The van der Waals surface area contributed by atoms with Gasteiger partial charge >= 0.3 is 0 Å². The minimum atomic E-state index is 0.332. The highest BCUT2D eigenvalue weighted by Gasteiger charge is 2.26. The summed E-state index contributed by atoms with van der Waals surface area (Å²) in [5.74, 6) is 0.640. The molecule has 16 heavy (non-hydrogen) atoms. The first-order valence-electron chi connectivity index (χ1n) is 5.52. The smallest absolute Gasteiger partial charge is 0.203 e. The van der Waals surface area contributed by atoms with Gasteiger partial charge in [-0.15, -0.1) is 10.2 Å². The number of nitrogens with zero attached hydrogens (tertiary/aromatic N) is 3. The molecular weight excluding hydrogens is 224 g/mol. The Bertz CT molecular complexity index is 343. The van der Waals surface area contributed by atoms with Crippen LogP contribution < -0.4 is 5.73 Å². The quantitative estimate of drug-likeness (QED) is 0.856. The maximum Gasteiger partial charge on any atom is 0.203 e. The molecule has 0 aromatic carbocycles. The van der Waals surface area contributed by atoms with Crippen LogP contribution in [0.15, 0.2) is 0 Å². The van der Waals surface area contributed by atoms with Crippen LogP contribution in [-0.4, -0.2) is 41.4 Å². The Morgan fingerprint density at radius 3 is 3.00 bits per heavy atom. The molecule has 0 amide bonds. The number of nitrogen functional groups attached to an aromatic ring is 1. The number of nitrogens with two attached hydrogens (primary N) is 1. The molecule has 2 N–H and O–H groups in total. The Morgan fingerprint density at radius 2 is 2.38 bits per heavy atom. The van der Waals surface area contributed by atoms with Crippen LogP contribution in [0, 0.1) is 5.92 Å². The molecular formula is C10H18N4OS. The van der Waals surface area contributed by atoms with E-state index in [0.717, 1.165) is 24.6 Å². The van der Waals surface area contributed by atoms with Gasteiger partial charge in [0.1, 0.15) is 5.01 Å². The largest absolute Gasteiger partial charge is 0.380 e. The van der Waals surface area contributed by atoms with Gasteiger partial charge in [-0.25, -0.2) is 0 Å². The highest BCUT2D eigenvalue weighted by molar-refractivity contribution is 7.15. The lowest BCUT2D eigenvalue weighted by Gasteiger charge is -2.35. The molecule has 6 heteroatoms. The Labute approximate surface area is 99.6 Å². The number of methoxy groups -OCH3 is 1. The summed E-state index contributed by atoms with van der Waals surface area (Å²) >= 11 is 1.46. The predicted octanol–water partition coefficient (Wildman–Crippen LogP) is 0.977. The molecule has 2 rings (SSSR count). The van der Waals surface area contributed by atoms with Crippen LogP contribution in [0.5, 0.6) is 0 Å². The second-order valence-electron chi connectivity index (χ2n) is 4.31. The van der Waals surface area contributed by atoms with E-state index in [1.807, 2.05) is 0 Å². The maximum atomic E-state index is 5.56. The number of ether oxygens (including phenoxy) is 1. The molecule has 1 fully saturated rings. The van der Waals surface area contributed by atoms with Crippen molar-refractivity contribution in [2.75, 3.05) is 25.9 Å². The van der Waals surface area contributed by atoms with E-state index in [1.54, 1.807) is 7.11 Å². The van der Waals surface area contributed by atoms with Gasteiger partial charge in [0, 0.05) is 13.7 Å². The zero-order valence-corrected chi connectivity index (χ0v) is 10.5. The molecule has 1 aliphatic heterocycles. The third-order valence-corrected chi connectivity index (χ3v) is 3.85. The number of hydrogen-bond acceptors (Lipinski definition) is 6. The molecule has 0 spiro atoms. The molecule has 1 aliphatic rings.